The van der Waals surface area contributed by atoms with E-state index >= 15 is 0 Å². The fourth-order valence-electron chi connectivity index (χ4n) is 4.03. The van der Waals surface area contributed by atoms with E-state index in [4.69, 9.17) is 0 Å². The third kappa shape index (κ3) is 2.45. The van der Waals surface area contributed by atoms with Crippen LogP contribution in [-0.4, -0.2) is 23.0 Å². The molecule has 3 aliphatic rings. The molecule has 0 aliphatic heterocycles. The summed E-state index contributed by atoms with van der Waals surface area (Å²) in [4.78, 5) is 3.00. The smallest absolute Gasteiger partial charge is 0.0102 e. The van der Waals surface area contributed by atoms with Crippen LogP contribution in [0.5, 0.6) is 0 Å². The van der Waals surface area contributed by atoms with E-state index in [1.807, 2.05) is 0 Å². The van der Waals surface area contributed by atoms with E-state index in [2.05, 4.69) is 4.90 Å². The van der Waals surface area contributed by atoms with Crippen LogP contribution in [0, 0.1) is 0 Å². The van der Waals surface area contributed by atoms with Crippen molar-refractivity contribution in [3.05, 3.63) is 0 Å². The summed E-state index contributed by atoms with van der Waals surface area (Å²) in [7, 11) is 0. The van der Waals surface area contributed by atoms with Crippen molar-refractivity contribution in [3.63, 3.8) is 0 Å². The first kappa shape index (κ1) is 11.1. The monoisotopic (exact) mass is 221 g/mol. The number of hydrogen-bond acceptors (Lipinski definition) is 1. The Morgan fingerprint density at radius 3 is 1.19 bits per heavy atom. The Morgan fingerprint density at radius 2 is 0.812 bits per heavy atom. The Balaban J connectivity index is 1.64. The normalized spacial score (nSPS) is 29.8. The van der Waals surface area contributed by atoms with Crippen LogP contribution in [0.15, 0.2) is 0 Å². The van der Waals surface area contributed by atoms with E-state index in [1.54, 1.807) is 0 Å². The van der Waals surface area contributed by atoms with Crippen LogP contribution in [0.2, 0.25) is 0 Å². The van der Waals surface area contributed by atoms with Crippen LogP contribution in [0.25, 0.3) is 0 Å². The molecule has 0 saturated heterocycles. The van der Waals surface area contributed by atoms with Gasteiger partial charge in [-0.25, -0.2) is 0 Å². The van der Waals surface area contributed by atoms with E-state index in [0.29, 0.717) is 0 Å². The average molecular weight is 221 g/mol. The fraction of sp³-hybridized carbons (Fsp3) is 1.00. The third-order valence-electron chi connectivity index (χ3n) is 4.96. The van der Waals surface area contributed by atoms with Crippen molar-refractivity contribution < 1.29 is 0 Å². The lowest BCUT2D eigenvalue weighted by molar-refractivity contribution is 0.0726. The second-order valence-corrected chi connectivity index (χ2v) is 6.26. The molecule has 0 N–H and O–H groups in total. The molecule has 0 radical (unpaired) electrons. The highest BCUT2D eigenvalue weighted by atomic mass is 15.2. The molecule has 3 fully saturated rings. The predicted molar refractivity (Wildman–Crippen MR) is 68.6 cm³/mol. The lowest BCUT2D eigenvalue weighted by atomic mass is 9.88. The molecule has 1 heteroatoms. The maximum atomic E-state index is 3.00. The van der Waals surface area contributed by atoms with Crippen molar-refractivity contribution in [1.29, 1.82) is 0 Å². The van der Waals surface area contributed by atoms with E-state index in [0.717, 1.165) is 18.1 Å². The van der Waals surface area contributed by atoms with Gasteiger partial charge in [-0.2, -0.15) is 0 Å². The van der Waals surface area contributed by atoms with Crippen LogP contribution in [0.3, 0.4) is 0 Å². The van der Waals surface area contributed by atoms with E-state index < -0.39 is 0 Å². The molecule has 0 amide bonds. The van der Waals surface area contributed by atoms with Gasteiger partial charge in [-0.3, -0.25) is 4.90 Å². The van der Waals surface area contributed by atoms with Crippen molar-refractivity contribution in [2.75, 3.05) is 0 Å². The van der Waals surface area contributed by atoms with Gasteiger partial charge in [0.05, 0.1) is 0 Å². The van der Waals surface area contributed by atoms with Gasteiger partial charge in [0.1, 0.15) is 0 Å². The zero-order valence-corrected chi connectivity index (χ0v) is 10.7. The summed E-state index contributed by atoms with van der Waals surface area (Å²) >= 11 is 0. The van der Waals surface area contributed by atoms with Crippen molar-refractivity contribution in [1.82, 2.24) is 4.90 Å². The number of rotatable bonds is 3. The molecule has 3 saturated carbocycles. The van der Waals surface area contributed by atoms with Crippen molar-refractivity contribution in [3.8, 4) is 0 Å². The molecule has 0 bridgehead atoms. The second-order valence-electron chi connectivity index (χ2n) is 6.26. The second kappa shape index (κ2) is 5.08. The molecular formula is C15H27N. The van der Waals surface area contributed by atoms with Gasteiger partial charge >= 0.3 is 0 Å². The minimum Gasteiger partial charge on any atom is -0.294 e. The molecular weight excluding hydrogens is 194 g/mol. The van der Waals surface area contributed by atoms with Crippen LogP contribution >= 0.6 is 0 Å². The highest BCUT2D eigenvalue weighted by Crippen LogP contribution is 2.38. The molecule has 0 aromatic heterocycles. The SMILES string of the molecule is C1CCC(N(C2CCCCC2)C2CC2)CC1. The van der Waals surface area contributed by atoms with Gasteiger partial charge in [-0.05, 0) is 38.5 Å². The van der Waals surface area contributed by atoms with E-state index in [9.17, 15) is 0 Å². The van der Waals surface area contributed by atoms with Crippen molar-refractivity contribution in [2.24, 2.45) is 0 Å². The molecule has 1 nitrogen and oxygen atoms in total. The van der Waals surface area contributed by atoms with E-state index in [1.165, 1.54) is 77.0 Å². The summed E-state index contributed by atoms with van der Waals surface area (Å²) < 4.78 is 0. The highest BCUT2D eigenvalue weighted by Gasteiger charge is 2.38. The molecule has 0 aromatic rings. The average Bonchev–Trinajstić information content (AvgIpc) is 3.17. The Kier molecular flexibility index (Phi) is 3.51. The lowest BCUT2D eigenvalue weighted by Gasteiger charge is -2.42. The Hall–Kier alpha value is -0.0400. The molecule has 0 heterocycles. The van der Waals surface area contributed by atoms with Crippen molar-refractivity contribution >= 4 is 0 Å². The van der Waals surface area contributed by atoms with Gasteiger partial charge in [-0.1, -0.05) is 38.5 Å². The first-order valence-electron chi connectivity index (χ1n) is 7.72. The molecule has 92 valence electrons. The minimum absolute atomic E-state index is 0.976. The van der Waals surface area contributed by atoms with Crippen LogP contribution in [0.4, 0.5) is 0 Å². The summed E-state index contributed by atoms with van der Waals surface area (Å²) in [5.74, 6) is 0. The third-order valence-corrected chi connectivity index (χ3v) is 4.96. The molecule has 3 aliphatic carbocycles. The van der Waals surface area contributed by atoms with Crippen LogP contribution in [0.1, 0.15) is 77.0 Å². The van der Waals surface area contributed by atoms with Crippen LogP contribution < -0.4 is 0 Å². The Labute approximate surface area is 101 Å². The lowest BCUT2D eigenvalue weighted by Crippen LogP contribution is -2.46. The first-order valence-corrected chi connectivity index (χ1v) is 7.72. The summed E-state index contributed by atoms with van der Waals surface area (Å²) in [6.45, 7) is 0. The van der Waals surface area contributed by atoms with E-state index in [-0.39, 0.29) is 0 Å². The van der Waals surface area contributed by atoms with Gasteiger partial charge in [-0.15, -0.1) is 0 Å². The van der Waals surface area contributed by atoms with Gasteiger partial charge in [0.2, 0.25) is 0 Å². The first-order chi connectivity index (χ1) is 7.95. The van der Waals surface area contributed by atoms with Gasteiger partial charge in [0.15, 0.2) is 0 Å². The molecule has 0 spiro atoms. The number of hydrogen-bond donors (Lipinski definition) is 0. The maximum absolute atomic E-state index is 3.00. The predicted octanol–water partition coefficient (Wildman–Crippen LogP) is 4.12. The van der Waals surface area contributed by atoms with Gasteiger partial charge in [0.25, 0.3) is 0 Å². The summed E-state index contributed by atoms with van der Waals surface area (Å²) in [5.41, 5.74) is 0. The quantitative estimate of drug-likeness (QED) is 0.693. The molecule has 16 heavy (non-hydrogen) atoms. The molecule has 0 unspecified atom stereocenters. The zero-order chi connectivity index (χ0) is 10.8. The fourth-order valence-corrected chi connectivity index (χ4v) is 4.03. The standard InChI is InChI=1S/C15H27N/c1-3-7-13(8-4-1)16(15-11-12-15)14-9-5-2-6-10-14/h13-15H,1-12H2. The van der Waals surface area contributed by atoms with Crippen LogP contribution in [-0.2, 0) is 0 Å². The Morgan fingerprint density at radius 1 is 0.438 bits per heavy atom. The van der Waals surface area contributed by atoms with Crippen molar-refractivity contribution in [2.45, 2.75) is 95.2 Å². The Bertz CT molecular complexity index is 191. The number of nitrogens with zero attached hydrogens (tertiary/aromatic N) is 1. The largest absolute Gasteiger partial charge is 0.294 e. The zero-order valence-electron chi connectivity index (χ0n) is 10.7. The minimum atomic E-state index is 0.976. The summed E-state index contributed by atoms with van der Waals surface area (Å²) in [5, 5.41) is 0. The summed E-state index contributed by atoms with van der Waals surface area (Å²) in [6, 6.07) is 2.96. The summed E-state index contributed by atoms with van der Waals surface area (Å²) in [6.07, 6.45) is 18.0. The maximum Gasteiger partial charge on any atom is 0.0102 e. The topological polar surface area (TPSA) is 3.24 Å². The molecule has 0 aromatic carbocycles. The van der Waals surface area contributed by atoms with Gasteiger partial charge < -0.3 is 0 Å². The molecule has 0 atom stereocenters. The van der Waals surface area contributed by atoms with Gasteiger partial charge in [0, 0.05) is 18.1 Å². The molecule has 3 rings (SSSR count). The highest BCUT2D eigenvalue weighted by molar-refractivity contribution is 4.94.